The van der Waals surface area contributed by atoms with Crippen molar-refractivity contribution in [3.8, 4) is 0 Å². The van der Waals surface area contributed by atoms with Gasteiger partial charge in [0.05, 0.1) is 6.61 Å². The zero-order valence-electron chi connectivity index (χ0n) is 9.37. The smallest absolute Gasteiger partial charge is 0.147 e. The van der Waals surface area contributed by atoms with E-state index in [0.29, 0.717) is 32.7 Å². The highest BCUT2D eigenvalue weighted by Gasteiger charge is 2.15. The molecule has 3 N–H and O–H groups in total. The lowest BCUT2D eigenvalue weighted by atomic mass is 10.4. The normalized spacial score (nSPS) is 22.7. The topological polar surface area (TPSA) is 70.4 Å². The summed E-state index contributed by atoms with van der Waals surface area (Å²) >= 11 is 0. The zero-order valence-corrected chi connectivity index (χ0v) is 9.37. The average molecular weight is 230 g/mol. The summed E-state index contributed by atoms with van der Waals surface area (Å²) in [4.78, 5) is 5.62. The van der Waals surface area contributed by atoms with Crippen LogP contribution in [0.1, 0.15) is 0 Å². The van der Waals surface area contributed by atoms with Crippen LogP contribution in [0.4, 0.5) is 0 Å². The van der Waals surface area contributed by atoms with Gasteiger partial charge in [-0.3, -0.25) is 14.7 Å². The van der Waals surface area contributed by atoms with E-state index in [1.165, 1.54) is 0 Å². The third-order valence-electron chi connectivity index (χ3n) is 2.75. The first-order valence-electron chi connectivity index (χ1n) is 5.41. The predicted molar refractivity (Wildman–Crippen MR) is 58.3 cm³/mol. The molecule has 1 aliphatic heterocycles. The van der Waals surface area contributed by atoms with Crippen molar-refractivity contribution in [1.29, 1.82) is 0 Å². The standard InChI is InChI=1S/C10H20N3O3/c14-8-7-11-1-3-12(9-15)5-6-13(10-16)4-2-11/h8-10,14-16H,1-7H2. The van der Waals surface area contributed by atoms with Gasteiger partial charge < -0.3 is 15.3 Å². The van der Waals surface area contributed by atoms with E-state index < -0.39 is 0 Å². The van der Waals surface area contributed by atoms with Crippen molar-refractivity contribution in [3.05, 3.63) is 20.1 Å². The van der Waals surface area contributed by atoms with Gasteiger partial charge in [0, 0.05) is 45.8 Å². The molecule has 3 radical (unpaired) electrons. The highest BCUT2D eigenvalue weighted by Crippen LogP contribution is 2.01. The molecule has 1 aliphatic rings. The Morgan fingerprint density at radius 1 is 0.750 bits per heavy atom. The molecule has 16 heavy (non-hydrogen) atoms. The molecule has 1 fully saturated rings. The van der Waals surface area contributed by atoms with Crippen LogP contribution in [0.15, 0.2) is 0 Å². The van der Waals surface area contributed by atoms with Crippen LogP contribution in [0.5, 0.6) is 0 Å². The van der Waals surface area contributed by atoms with Crippen LogP contribution in [0, 0.1) is 20.1 Å². The Bertz CT molecular complexity index is 167. The maximum atomic E-state index is 9.01. The fourth-order valence-corrected chi connectivity index (χ4v) is 1.66. The Hall–Kier alpha value is -0.240. The van der Waals surface area contributed by atoms with Gasteiger partial charge in [0.1, 0.15) is 13.5 Å². The van der Waals surface area contributed by atoms with Crippen molar-refractivity contribution in [2.24, 2.45) is 0 Å². The van der Waals surface area contributed by atoms with Gasteiger partial charge in [-0.1, -0.05) is 0 Å². The number of hydrogen-bond acceptors (Lipinski definition) is 6. The molecule has 0 amide bonds. The van der Waals surface area contributed by atoms with Crippen molar-refractivity contribution in [2.75, 3.05) is 45.8 Å². The molecule has 6 heteroatoms. The number of nitrogens with zero attached hydrogens (tertiary/aromatic N) is 3. The Morgan fingerprint density at radius 3 is 1.56 bits per heavy atom. The molecule has 1 rings (SSSR count). The monoisotopic (exact) mass is 230 g/mol. The molecule has 0 aliphatic carbocycles. The molecule has 0 unspecified atom stereocenters. The lowest BCUT2D eigenvalue weighted by molar-refractivity contribution is 0.148. The van der Waals surface area contributed by atoms with Crippen LogP contribution < -0.4 is 0 Å². The summed E-state index contributed by atoms with van der Waals surface area (Å²) in [6.07, 6.45) is 0. The maximum Gasteiger partial charge on any atom is 0.147 e. The van der Waals surface area contributed by atoms with E-state index in [2.05, 4.69) is 4.90 Å². The number of aliphatic hydroxyl groups excluding tert-OH is 3. The second-order valence-corrected chi connectivity index (χ2v) is 3.79. The fourth-order valence-electron chi connectivity index (χ4n) is 1.66. The molecule has 0 spiro atoms. The average Bonchev–Trinajstić information content (AvgIpc) is 2.40. The summed E-state index contributed by atoms with van der Waals surface area (Å²) in [5.74, 6) is 0. The van der Waals surface area contributed by atoms with Crippen LogP contribution in [0.25, 0.3) is 0 Å². The van der Waals surface area contributed by atoms with Gasteiger partial charge in [0.25, 0.3) is 0 Å². The van der Waals surface area contributed by atoms with E-state index in [1.54, 1.807) is 9.80 Å². The van der Waals surface area contributed by atoms with E-state index in [9.17, 15) is 0 Å². The minimum Gasteiger partial charge on any atom is -0.389 e. The minimum atomic E-state index is 0.499. The van der Waals surface area contributed by atoms with Crippen molar-refractivity contribution in [3.63, 3.8) is 0 Å². The number of hydrogen-bond donors (Lipinski definition) is 3. The second kappa shape index (κ2) is 7.94. The summed E-state index contributed by atoms with van der Waals surface area (Å²) in [5, 5.41) is 26.8. The maximum absolute atomic E-state index is 9.01. The molecular formula is C10H20N3O3. The third kappa shape index (κ3) is 4.73. The van der Waals surface area contributed by atoms with E-state index in [0.717, 1.165) is 33.2 Å². The molecule has 6 nitrogen and oxygen atoms in total. The summed E-state index contributed by atoms with van der Waals surface area (Å²) in [5.41, 5.74) is 0. The predicted octanol–water partition coefficient (Wildman–Crippen LogP) is -0.576. The first-order valence-corrected chi connectivity index (χ1v) is 5.41. The quantitative estimate of drug-likeness (QED) is 0.600. The van der Waals surface area contributed by atoms with Crippen LogP contribution in [0.2, 0.25) is 0 Å². The summed E-state index contributed by atoms with van der Waals surface area (Å²) in [6, 6.07) is 0. The largest absolute Gasteiger partial charge is 0.389 e. The molecule has 0 atom stereocenters. The van der Waals surface area contributed by atoms with Crippen molar-refractivity contribution >= 4 is 0 Å². The highest BCUT2D eigenvalue weighted by atomic mass is 16.3. The summed E-state index contributed by atoms with van der Waals surface area (Å²) in [6.45, 7) is 8.07. The van der Waals surface area contributed by atoms with Gasteiger partial charge >= 0.3 is 0 Å². The Morgan fingerprint density at radius 2 is 1.19 bits per heavy atom. The lowest BCUT2D eigenvalue weighted by Gasteiger charge is -2.23. The second-order valence-electron chi connectivity index (χ2n) is 3.79. The molecule has 93 valence electrons. The summed E-state index contributed by atoms with van der Waals surface area (Å²) in [7, 11) is 0. The molecule has 0 bridgehead atoms. The molecule has 0 aromatic carbocycles. The van der Waals surface area contributed by atoms with Crippen LogP contribution in [0.3, 0.4) is 0 Å². The summed E-state index contributed by atoms with van der Waals surface area (Å²) < 4.78 is 0. The number of rotatable bonds is 4. The molecular weight excluding hydrogens is 210 g/mol. The van der Waals surface area contributed by atoms with E-state index in [-0.39, 0.29) is 0 Å². The van der Waals surface area contributed by atoms with Gasteiger partial charge in [-0.15, -0.1) is 0 Å². The van der Waals surface area contributed by atoms with Crippen molar-refractivity contribution in [2.45, 2.75) is 0 Å². The van der Waals surface area contributed by atoms with E-state index in [4.69, 9.17) is 15.3 Å². The molecule has 1 saturated heterocycles. The Labute approximate surface area is 96.7 Å². The molecule has 0 aromatic heterocycles. The first-order chi connectivity index (χ1) is 7.80. The minimum absolute atomic E-state index is 0.499. The van der Waals surface area contributed by atoms with E-state index in [1.807, 2.05) is 0 Å². The van der Waals surface area contributed by atoms with Crippen LogP contribution in [-0.4, -0.2) is 75.8 Å². The van der Waals surface area contributed by atoms with Gasteiger partial charge in [0.2, 0.25) is 0 Å². The molecule has 0 saturated carbocycles. The molecule has 1 heterocycles. The number of aliphatic hydroxyl groups is 3. The first kappa shape index (κ1) is 13.8. The van der Waals surface area contributed by atoms with Crippen molar-refractivity contribution in [1.82, 2.24) is 14.7 Å². The lowest BCUT2D eigenvalue weighted by Crippen LogP contribution is -2.36. The van der Waals surface area contributed by atoms with Gasteiger partial charge in [-0.2, -0.15) is 0 Å². The SMILES string of the molecule is O[CH]CN1CCN([CH]O)CCN([CH]O)CC1. The van der Waals surface area contributed by atoms with Gasteiger partial charge in [-0.05, 0) is 0 Å². The fraction of sp³-hybridized carbons (Fsp3) is 0.700. The van der Waals surface area contributed by atoms with Crippen LogP contribution in [-0.2, 0) is 0 Å². The zero-order chi connectivity index (χ0) is 11.8. The Kier molecular flexibility index (Phi) is 6.86. The third-order valence-corrected chi connectivity index (χ3v) is 2.75. The van der Waals surface area contributed by atoms with E-state index >= 15 is 0 Å². The van der Waals surface area contributed by atoms with Crippen molar-refractivity contribution < 1.29 is 15.3 Å². The van der Waals surface area contributed by atoms with Gasteiger partial charge in [0.15, 0.2) is 0 Å². The highest BCUT2D eigenvalue weighted by molar-refractivity contribution is 4.74. The van der Waals surface area contributed by atoms with Crippen LogP contribution >= 0.6 is 0 Å². The van der Waals surface area contributed by atoms with Gasteiger partial charge in [-0.25, -0.2) is 0 Å². The Balaban J connectivity index is 2.47. The molecule has 0 aromatic rings.